The first-order valence-electron chi connectivity index (χ1n) is 6.59. The van der Waals surface area contributed by atoms with E-state index in [1.165, 1.54) is 12.1 Å². The molecule has 1 saturated carbocycles. The molecule has 1 aliphatic rings. The maximum absolute atomic E-state index is 13.4. The molecule has 0 amide bonds. The molecular formula is C16H14BrF2N. The lowest BCUT2D eigenvalue weighted by molar-refractivity contribution is 0.373. The highest BCUT2D eigenvalue weighted by Gasteiger charge is 2.30. The van der Waals surface area contributed by atoms with Crippen LogP contribution in [0.4, 0.5) is 14.5 Å². The van der Waals surface area contributed by atoms with Gasteiger partial charge in [0.05, 0.1) is 4.47 Å². The minimum atomic E-state index is -0.268. The first-order chi connectivity index (χ1) is 9.61. The van der Waals surface area contributed by atoms with Crippen LogP contribution < -0.4 is 5.32 Å². The Morgan fingerprint density at radius 3 is 2.55 bits per heavy atom. The van der Waals surface area contributed by atoms with Crippen molar-refractivity contribution in [1.29, 1.82) is 0 Å². The Kier molecular flexibility index (Phi) is 3.74. The van der Waals surface area contributed by atoms with Gasteiger partial charge in [-0.3, -0.25) is 0 Å². The third-order valence-electron chi connectivity index (χ3n) is 3.75. The van der Waals surface area contributed by atoms with Crippen molar-refractivity contribution >= 4 is 21.6 Å². The van der Waals surface area contributed by atoms with E-state index in [-0.39, 0.29) is 11.6 Å². The van der Waals surface area contributed by atoms with Crippen LogP contribution in [0.5, 0.6) is 0 Å². The molecule has 0 spiro atoms. The summed E-state index contributed by atoms with van der Waals surface area (Å²) in [7, 11) is 0. The van der Waals surface area contributed by atoms with E-state index in [2.05, 4.69) is 21.2 Å². The van der Waals surface area contributed by atoms with Gasteiger partial charge in [-0.1, -0.05) is 12.1 Å². The molecule has 1 N–H and O–H groups in total. The quantitative estimate of drug-likeness (QED) is 0.822. The van der Waals surface area contributed by atoms with E-state index in [1.54, 1.807) is 18.2 Å². The lowest BCUT2D eigenvalue weighted by Gasteiger charge is -2.37. The van der Waals surface area contributed by atoms with Crippen molar-refractivity contribution in [1.82, 2.24) is 0 Å². The highest BCUT2D eigenvalue weighted by molar-refractivity contribution is 9.10. The summed E-state index contributed by atoms with van der Waals surface area (Å²) in [4.78, 5) is 0. The number of halogens is 3. The molecule has 0 atom stereocenters. The number of hydrogen-bond acceptors (Lipinski definition) is 1. The fourth-order valence-corrected chi connectivity index (χ4v) is 2.84. The molecule has 0 aliphatic heterocycles. The highest BCUT2D eigenvalue weighted by atomic mass is 79.9. The summed E-state index contributed by atoms with van der Waals surface area (Å²) < 4.78 is 27.0. The van der Waals surface area contributed by atoms with Crippen molar-refractivity contribution in [3.05, 3.63) is 64.1 Å². The second kappa shape index (κ2) is 5.52. The summed E-state index contributed by atoms with van der Waals surface area (Å²) in [6.45, 7) is 0. The fraction of sp³-hybridized carbons (Fsp3) is 0.250. The molecule has 4 heteroatoms. The number of rotatable bonds is 3. The van der Waals surface area contributed by atoms with E-state index in [0.717, 1.165) is 24.1 Å². The van der Waals surface area contributed by atoms with Crippen molar-refractivity contribution in [3.8, 4) is 0 Å². The lowest BCUT2D eigenvalue weighted by Crippen LogP contribution is -2.34. The largest absolute Gasteiger partial charge is 0.382 e. The van der Waals surface area contributed by atoms with Crippen molar-refractivity contribution in [2.75, 3.05) is 5.32 Å². The average Bonchev–Trinajstić information content (AvgIpc) is 2.37. The van der Waals surface area contributed by atoms with Crippen LogP contribution in [-0.2, 0) is 0 Å². The van der Waals surface area contributed by atoms with Crippen LogP contribution in [0.1, 0.15) is 24.3 Å². The second-order valence-electron chi connectivity index (χ2n) is 5.19. The van der Waals surface area contributed by atoms with Crippen molar-refractivity contribution < 1.29 is 8.78 Å². The Hall–Kier alpha value is -1.42. The summed E-state index contributed by atoms with van der Waals surface area (Å²) in [5, 5.41) is 3.31. The van der Waals surface area contributed by atoms with Crippen LogP contribution >= 0.6 is 15.9 Å². The molecule has 20 heavy (non-hydrogen) atoms. The Bertz CT molecular complexity index is 624. The molecule has 0 radical (unpaired) electrons. The molecule has 0 unspecified atom stereocenters. The minimum Gasteiger partial charge on any atom is -0.382 e. The van der Waals surface area contributed by atoms with Crippen LogP contribution in [-0.4, -0.2) is 6.04 Å². The van der Waals surface area contributed by atoms with Gasteiger partial charge >= 0.3 is 0 Å². The SMILES string of the molecule is Fc1cccc(C2CC(Nc3ccc(Br)c(F)c3)C2)c1. The van der Waals surface area contributed by atoms with Gasteiger partial charge in [-0.05, 0) is 70.6 Å². The molecule has 2 aromatic carbocycles. The summed E-state index contributed by atoms with van der Waals surface area (Å²) >= 11 is 3.14. The summed E-state index contributed by atoms with van der Waals surface area (Å²) in [6.07, 6.45) is 1.89. The average molecular weight is 338 g/mol. The molecule has 104 valence electrons. The third-order valence-corrected chi connectivity index (χ3v) is 4.39. The molecule has 0 aromatic heterocycles. The predicted octanol–water partition coefficient (Wildman–Crippen LogP) is 5.09. The van der Waals surface area contributed by atoms with Gasteiger partial charge < -0.3 is 5.32 Å². The molecular weight excluding hydrogens is 324 g/mol. The van der Waals surface area contributed by atoms with Crippen LogP contribution in [0.3, 0.4) is 0 Å². The molecule has 1 fully saturated rings. The monoisotopic (exact) mass is 337 g/mol. The third kappa shape index (κ3) is 2.85. The Morgan fingerprint density at radius 1 is 1.05 bits per heavy atom. The van der Waals surface area contributed by atoms with E-state index in [4.69, 9.17) is 0 Å². The predicted molar refractivity (Wildman–Crippen MR) is 79.9 cm³/mol. The molecule has 2 aromatic rings. The first-order valence-corrected chi connectivity index (χ1v) is 7.38. The first kappa shape index (κ1) is 13.6. The number of benzene rings is 2. The van der Waals surface area contributed by atoms with Gasteiger partial charge in [0.25, 0.3) is 0 Å². The van der Waals surface area contributed by atoms with E-state index < -0.39 is 0 Å². The van der Waals surface area contributed by atoms with Gasteiger partial charge in [0.2, 0.25) is 0 Å². The zero-order valence-corrected chi connectivity index (χ0v) is 12.3. The number of hydrogen-bond donors (Lipinski definition) is 1. The summed E-state index contributed by atoms with van der Waals surface area (Å²) in [5.41, 5.74) is 1.83. The summed E-state index contributed by atoms with van der Waals surface area (Å²) in [6, 6.07) is 12.1. The van der Waals surface area contributed by atoms with Gasteiger partial charge in [-0.15, -0.1) is 0 Å². The zero-order valence-electron chi connectivity index (χ0n) is 10.7. The number of anilines is 1. The summed E-state index contributed by atoms with van der Waals surface area (Å²) in [5.74, 6) is -0.0617. The Morgan fingerprint density at radius 2 is 1.85 bits per heavy atom. The standard InChI is InChI=1S/C16H14BrF2N/c17-15-5-4-13(9-16(15)19)20-14-7-11(8-14)10-2-1-3-12(18)6-10/h1-6,9,11,14,20H,7-8H2. The van der Waals surface area contributed by atoms with E-state index in [1.807, 2.05) is 12.1 Å². The Labute approximate surface area is 125 Å². The van der Waals surface area contributed by atoms with Gasteiger partial charge in [0.15, 0.2) is 0 Å². The van der Waals surface area contributed by atoms with Crippen LogP contribution in [0.25, 0.3) is 0 Å². The van der Waals surface area contributed by atoms with Crippen molar-refractivity contribution in [3.63, 3.8) is 0 Å². The van der Waals surface area contributed by atoms with Crippen molar-refractivity contribution in [2.24, 2.45) is 0 Å². The van der Waals surface area contributed by atoms with Gasteiger partial charge in [-0.25, -0.2) is 8.78 Å². The molecule has 1 aliphatic carbocycles. The molecule has 0 saturated heterocycles. The minimum absolute atomic E-state index is 0.186. The maximum atomic E-state index is 13.4. The van der Waals surface area contributed by atoms with Gasteiger partial charge in [0, 0.05) is 11.7 Å². The van der Waals surface area contributed by atoms with Crippen LogP contribution in [0, 0.1) is 11.6 Å². The molecule has 0 bridgehead atoms. The van der Waals surface area contributed by atoms with Crippen LogP contribution in [0.15, 0.2) is 46.9 Å². The van der Waals surface area contributed by atoms with E-state index in [9.17, 15) is 8.78 Å². The lowest BCUT2D eigenvalue weighted by atomic mass is 9.76. The number of nitrogens with one attached hydrogen (secondary N) is 1. The van der Waals surface area contributed by atoms with Crippen molar-refractivity contribution in [2.45, 2.75) is 24.8 Å². The molecule has 3 rings (SSSR count). The highest BCUT2D eigenvalue weighted by Crippen LogP contribution is 2.38. The smallest absolute Gasteiger partial charge is 0.139 e. The second-order valence-corrected chi connectivity index (χ2v) is 6.05. The van der Waals surface area contributed by atoms with E-state index in [0.29, 0.717) is 16.4 Å². The van der Waals surface area contributed by atoms with E-state index >= 15 is 0 Å². The zero-order chi connectivity index (χ0) is 14.1. The normalized spacial score (nSPS) is 21.4. The topological polar surface area (TPSA) is 12.0 Å². The fourth-order valence-electron chi connectivity index (χ4n) is 2.59. The Balaban J connectivity index is 1.59. The van der Waals surface area contributed by atoms with Crippen LogP contribution in [0.2, 0.25) is 0 Å². The van der Waals surface area contributed by atoms with Gasteiger partial charge in [0.1, 0.15) is 11.6 Å². The maximum Gasteiger partial charge on any atom is 0.139 e. The molecule has 1 nitrogen and oxygen atoms in total. The van der Waals surface area contributed by atoms with Gasteiger partial charge in [-0.2, -0.15) is 0 Å². The molecule has 0 heterocycles.